The molecule has 0 saturated heterocycles. The number of aliphatic imine (C=N–C) groups is 1. The molecule has 1 aromatic rings. The van der Waals surface area contributed by atoms with Crippen LogP contribution in [0.5, 0.6) is 0 Å². The highest BCUT2D eigenvalue weighted by molar-refractivity contribution is 5.99. The van der Waals surface area contributed by atoms with Crippen LogP contribution in [0.25, 0.3) is 0 Å². The Morgan fingerprint density at radius 3 is 2.62 bits per heavy atom. The lowest BCUT2D eigenvalue weighted by atomic mass is 10.0. The second kappa shape index (κ2) is 5.85. The highest BCUT2D eigenvalue weighted by Crippen LogP contribution is 2.41. The first-order valence-electron chi connectivity index (χ1n) is 7.55. The SMILES string of the molecule is NC(N)=NC=CC1c2ccc(C(F)(F)F)cc2C(=O)N1CC1CC1. The Balaban J connectivity index is 1.97. The number of nitrogens with zero attached hydrogens (tertiary/aromatic N) is 2. The molecule has 8 heteroatoms. The van der Waals surface area contributed by atoms with E-state index in [9.17, 15) is 18.0 Å². The molecule has 0 aromatic heterocycles. The summed E-state index contributed by atoms with van der Waals surface area (Å²) in [5, 5.41) is 0. The van der Waals surface area contributed by atoms with Gasteiger partial charge >= 0.3 is 6.18 Å². The van der Waals surface area contributed by atoms with Crippen LogP contribution in [0, 0.1) is 5.92 Å². The van der Waals surface area contributed by atoms with E-state index in [-0.39, 0.29) is 17.4 Å². The van der Waals surface area contributed by atoms with Crippen LogP contribution >= 0.6 is 0 Å². The van der Waals surface area contributed by atoms with Gasteiger partial charge < -0.3 is 16.4 Å². The molecule has 1 aliphatic carbocycles. The fourth-order valence-electron chi connectivity index (χ4n) is 2.82. The number of amides is 1. The zero-order valence-corrected chi connectivity index (χ0v) is 12.8. The summed E-state index contributed by atoms with van der Waals surface area (Å²) in [7, 11) is 0. The third-order valence-electron chi connectivity index (χ3n) is 4.17. The van der Waals surface area contributed by atoms with Crippen LogP contribution in [0.2, 0.25) is 0 Å². The van der Waals surface area contributed by atoms with Gasteiger partial charge in [-0.3, -0.25) is 4.79 Å². The van der Waals surface area contributed by atoms with Crippen molar-refractivity contribution in [1.29, 1.82) is 0 Å². The lowest BCUT2D eigenvalue weighted by Gasteiger charge is -2.22. The zero-order valence-electron chi connectivity index (χ0n) is 12.8. The number of halogens is 3. The van der Waals surface area contributed by atoms with Crippen molar-refractivity contribution >= 4 is 11.9 Å². The molecular weight excluding hydrogens is 321 g/mol. The smallest absolute Gasteiger partial charge is 0.370 e. The van der Waals surface area contributed by atoms with E-state index >= 15 is 0 Å². The molecule has 4 N–H and O–H groups in total. The van der Waals surface area contributed by atoms with Gasteiger partial charge in [-0.1, -0.05) is 6.07 Å². The van der Waals surface area contributed by atoms with Crippen LogP contribution in [-0.4, -0.2) is 23.3 Å². The van der Waals surface area contributed by atoms with Crippen molar-refractivity contribution in [3.8, 4) is 0 Å². The van der Waals surface area contributed by atoms with Crippen molar-refractivity contribution in [2.45, 2.75) is 25.1 Å². The van der Waals surface area contributed by atoms with E-state index in [1.165, 1.54) is 12.3 Å². The first kappa shape index (κ1) is 16.4. The largest absolute Gasteiger partial charge is 0.416 e. The lowest BCUT2D eigenvalue weighted by Crippen LogP contribution is -2.29. The molecule has 1 aromatic carbocycles. The standard InChI is InChI=1S/C16H17F3N4O/c17-16(18,19)10-3-4-11-12(7-10)14(24)23(8-9-1-2-9)13(11)5-6-22-15(20)21/h3-7,9,13H,1-2,8H2,(H4,20,21,22). The predicted octanol–water partition coefficient (Wildman–Crippen LogP) is 2.40. The molecule has 1 saturated carbocycles. The monoisotopic (exact) mass is 338 g/mol. The van der Waals surface area contributed by atoms with Gasteiger partial charge in [-0.15, -0.1) is 0 Å². The molecular formula is C16H17F3N4O. The number of rotatable bonds is 4. The number of alkyl halides is 3. The van der Waals surface area contributed by atoms with E-state index in [0.29, 0.717) is 18.0 Å². The molecule has 1 fully saturated rings. The highest BCUT2D eigenvalue weighted by atomic mass is 19.4. The summed E-state index contributed by atoms with van der Waals surface area (Å²) in [5.74, 6) is -0.108. The molecule has 1 unspecified atom stereocenters. The van der Waals surface area contributed by atoms with Gasteiger partial charge in [0.25, 0.3) is 5.91 Å². The maximum Gasteiger partial charge on any atom is 0.416 e. The topological polar surface area (TPSA) is 84.7 Å². The molecule has 1 atom stereocenters. The molecule has 1 heterocycles. The molecule has 5 nitrogen and oxygen atoms in total. The van der Waals surface area contributed by atoms with Crippen molar-refractivity contribution in [2.75, 3.05) is 6.54 Å². The van der Waals surface area contributed by atoms with Crippen molar-refractivity contribution in [1.82, 2.24) is 4.90 Å². The Labute approximate surface area is 136 Å². The maximum absolute atomic E-state index is 12.9. The van der Waals surface area contributed by atoms with Gasteiger partial charge in [-0.05, 0) is 42.5 Å². The number of carbonyl (C=O) groups excluding carboxylic acids is 1. The first-order chi connectivity index (χ1) is 11.3. The predicted molar refractivity (Wildman–Crippen MR) is 82.9 cm³/mol. The number of benzene rings is 1. The van der Waals surface area contributed by atoms with E-state index < -0.39 is 17.8 Å². The summed E-state index contributed by atoms with van der Waals surface area (Å²) >= 11 is 0. The van der Waals surface area contributed by atoms with E-state index in [2.05, 4.69) is 4.99 Å². The summed E-state index contributed by atoms with van der Waals surface area (Å²) in [5.41, 5.74) is 10.3. The molecule has 2 aliphatic rings. The minimum atomic E-state index is -4.48. The number of nitrogens with two attached hydrogens (primary N) is 2. The van der Waals surface area contributed by atoms with Crippen LogP contribution in [0.15, 0.2) is 35.5 Å². The highest BCUT2D eigenvalue weighted by Gasteiger charge is 2.40. The van der Waals surface area contributed by atoms with E-state index in [0.717, 1.165) is 25.0 Å². The van der Waals surface area contributed by atoms with Gasteiger partial charge in [0.1, 0.15) is 0 Å². The maximum atomic E-state index is 12.9. The number of hydrogen-bond donors (Lipinski definition) is 2. The van der Waals surface area contributed by atoms with Gasteiger partial charge in [-0.25, -0.2) is 4.99 Å². The second-order valence-electron chi connectivity index (χ2n) is 6.04. The Hall–Kier alpha value is -2.51. The average molecular weight is 338 g/mol. The first-order valence-corrected chi connectivity index (χ1v) is 7.55. The Morgan fingerprint density at radius 1 is 1.33 bits per heavy atom. The van der Waals surface area contributed by atoms with Crippen molar-refractivity contribution < 1.29 is 18.0 Å². The molecule has 128 valence electrons. The van der Waals surface area contributed by atoms with Crippen molar-refractivity contribution in [3.63, 3.8) is 0 Å². The van der Waals surface area contributed by atoms with Crippen LogP contribution < -0.4 is 11.5 Å². The minimum absolute atomic E-state index is 0.0878. The summed E-state index contributed by atoms with van der Waals surface area (Å²) in [6, 6.07) is 2.81. The van der Waals surface area contributed by atoms with E-state index in [4.69, 9.17) is 11.5 Å². The lowest BCUT2D eigenvalue weighted by molar-refractivity contribution is -0.137. The van der Waals surface area contributed by atoms with Crippen molar-refractivity contribution in [2.24, 2.45) is 22.4 Å². The van der Waals surface area contributed by atoms with Gasteiger partial charge in [0.05, 0.1) is 11.6 Å². The number of fused-ring (bicyclic) bond motifs is 1. The van der Waals surface area contributed by atoms with Crippen LogP contribution in [0.4, 0.5) is 13.2 Å². The normalized spacial score (nSPS) is 20.5. The van der Waals surface area contributed by atoms with Crippen LogP contribution in [-0.2, 0) is 6.18 Å². The van der Waals surface area contributed by atoms with E-state index in [1.54, 1.807) is 11.0 Å². The molecule has 24 heavy (non-hydrogen) atoms. The van der Waals surface area contributed by atoms with E-state index in [1.807, 2.05) is 0 Å². The fourth-order valence-corrected chi connectivity index (χ4v) is 2.82. The molecule has 0 radical (unpaired) electrons. The second-order valence-corrected chi connectivity index (χ2v) is 6.04. The number of carbonyl (C=O) groups is 1. The van der Waals surface area contributed by atoms with Gasteiger partial charge in [-0.2, -0.15) is 13.2 Å². The Bertz CT molecular complexity index is 719. The summed E-state index contributed by atoms with van der Waals surface area (Å²) in [6.07, 6.45) is 0.568. The molecule has 0 bridgehead atoms. The molecule has 3 rings (SSSR count). The van der Waals surface area contributed by atoms with Gasteiger partial charge in [0.15, 0.2) is 5.96 Å². The third kappa shape index (κ3) is 3.22. The Kier molecular flexibility index (Phi) is 3.98. The molecule has 0 spiro atoms. The minimum Gasteiger partial charge on any atom is -0.370 e. The summed E-state index contributed by atoms with van der Waals surface area (Å²) in [6.45, 7) is 0.520. The number of hydrogen-bond acceptors (Lipinski definition) is 2. The van der Waals surface area contributed by atoms with Crippen LogP contribution in [0.1, 0.15) is 40.4 Å². The van der Waals surface area contributed by atoms with Gasteiger partial charge in [0.2, 0.25) is 0 Å². The third-order valence-corrected chi connectivity index (χ3v) is 4.17. The van der Waals surface area contributed by atoms with Gasteiger partial charge in [0, 0.05) is 18.3 Å². The fraction of sp³-hybridized carbons (Fsp3) is 0.375. The summed E-state index contributed by atoms with van der Waals surface area (Å²) < 4.78 is 38.7. The Morgan fingerprint density at radius 2 is 2.04 bits per heavy atom. The molecule has 1 aliphatic heterocycles. The summed E-state index contributed by atoms with van der Waals surface area (Å²) in [4.78, 5) is 17.9. The number of guanidine groups is 1. The van der Waals surface area contributed by atoms with Crippen LogP contribution in [0.3, 0.4) is 0 Å². The average Bonchev–Trinajstić information content (AvgIpc) is 3.27. The quantitative estimate of drug-likeness (QED) is 0.653. The molecule has 1 amide bonds. The van der Waals surface area contributed by atoms with Crippen molar-refractivity contribution in [3.05, 3.63) is 47.2 Å². The zero-order chi connectivity index (χ0) is 17.5.